The van der Waals surface area contributed by atoms with Crippen molar-refractivity contribution < 1.29 is 9.84 Å². The van der Waals surface area contributed by atoms with Crippen molar-refractivity contribution in [2.24, 2.45) is 7.05 Å². The van der Waals surface area contributed by atoms with Gasteiger partial charge in [-0.3, -0.25) is 0 Å². The highest BCUT2D eigenvalue weighted by molar-refractivity contribution is 5.89. The van der Waals surface area contributed by atoms with Gasteiger partial charge < -0.3 is 14.4 Å². The Morgan fingerprint density at radius 3 is 2.87 bits per heavy atom. The first-order chi connectivity index (χ1) is 7.27. The first-order valence-electron chi connectivity index (χ1n) is 4.99. The predicted octanol–water partition coefficient (Wildman–Crippen LogP) is 1.72. The van der Waals surface area contributed by atoms with E-state index >= 15 is 0 Å². The van der Waals surface area contributed by atoms with Crippen molar-refractivity contribution in [1.82, 2.24) is 4.57 Å². The van der Waals surface area contributed by atoms with Gasteiger partial charge >= 0.3 is 0 Å². The van der Waals surface area contributed by atoms with Gasteiger partial charge in [-0.05, 0) is 18.1 Å². The molecule has 0 spiro atoms. The Morgan fingerprint density at radius 1 is 1.40 bits per heavy atom. The van der Waals surface area contributed by atoms with E-state index in [-0.39, 0.29) is 6.61 Å². The quantitative estimate of drug-likeness (QED) is 0.828. The summed E-state index contributed by atoms with van der Waals surface area (Å²) in [7, 11) is 3.67. The molecule has 3 nitrogen and oxygen atoms in total. The predicted molar refractivity (Wildman–Crippen MR) is 60.3 cm³/mol. The molecule has 0 radical (unpaired) electrons. The summed E-state index contributed by atoms with van der Waals surface area (Å²) in [6, 6.07) is 5.98. The van der Waals surface area contributed by atoms with Crippen LogP contribution in [0.2, 0.25) is 0 Å². The lowest BCUT2D eigenvalue weighted by Crippen LogP contribution is -1.89. The van der Waals surface area contributed by atoms with Crippen LogP contribution in [0.15, 0.2) is 24.4 Å². The summed E-state index contributed by atoms with van der Waals surface area (Å²) in [6.45, 7) is 0.177. The van der Waals surface area contributed by atoms with Crippen LogP contribution in [-0.4, -0.2) is 23.4 Å². The first-order valence-corrected chi connectivity index (χ1v) is 4.99. The van der Waals surface area contributed by atoms with Gasteiger partial charge in [-0.15, -0.1) is 0 Å². The van der Waals surface area contributed by atoms with Gasteiger partial charge in [-0.25, -0.2) is 0 Å². The number of fused-ring (bicyclic) bond motifs is 1. The summed E-state index contributed by atoms with van der Waals surface area (Å²) in [6.07, 6.45) is 2.73. The molecule has 2 aromatic rings. The van der Waals surface area contributed by atoms with Gasteiger partial charge in [0.1, 0.15) is 5.75 Å². The number of methoxy groups -OCH3 is 1. The van der Waals surface area contributed by atoms with E-state index in [4.69, 9.17) is 9.84 Å². The molecule has 0 amide bonds. The lowest BCUT2D eigenvalue weighted by molar-refractivity contribution is 0.300. The van der Waals surface area contributed by atoms with Crippen molar-refractivity contribution >= 4 is 10.9 Å². The summed E-state index contributed by atoms with van der Waals surface area (Å²) < 4.78 is 7.36. The number of aliphatic hydroxyl groups excluding tert-OH is 1. The summed E-state index contributed by atoms with van der Waals surface area (Å²) in [5.74, 6) is 0.874. The van der Waals surface area contributed by atoms with Gasteiger partial charge in [0.05, 0.1) is 12.6 Å². The van der Waals surface area contributed by atoms with E-state index in [1.54, 1.807) is 7.11 Å². The van der Waals surface area contributed by atoms with Gasteiger partial charge in [0.15, 0.2) is 0 Å². The van der Waals surface area contributed by atoms with E-state index in [9.17, 15) is 0 Å². The average Bonchev–Trinajstić information content (AvgIpc) is 2.57. The van der Waals surface area contributed by atoms with E-state index < -0.39 is 0 Å². The number of hydrogen-bond acceptors (Lipinski definition) is 2. The highest BCUT2D eigenvalue weighted by Gasteiger charge is 2.09. The van der Waals surface area contributed by atoms with Crippen LogP contribution >= 0.6 is 0 Å². The number of aromatic nitrogens is 1. The molecule has 0 aliphatic carbocycles. The topological polar surface area (TPSA) is 34.4 Å². The Kier molecular flexibility index (Phi) is 2.64. The molecule has 1 heterocycles. The Hall–Kier alpha value is -1.48. The zero-order chi connectivity index (χ0) is 10.8. The smallest absolute Gasteiger partial charge is 0.143 e. The van der Waals surface area contributed by atoms with Gasteiger partial charge in [0.2, 0.25) is 0 Å². The Morgan fingerprint density at radius 2 is 2.20 bits per heavy atom. The fraction of sp³-hybridized carbons (Fsp3) is 0.333. The van der Waals surface area contributed by atoms with Crippen molar-refractivity contribution in [3.63, 3.8) is 0 Å². The summed E-state index contributed by atoms with van der Waals surface area (Å²) in [5, 5.41) is 10.1. The van der Waals surface area contributed by atoms with Gasteiger partial charge in [-0.1, -0.05) is 12.1 Å². The van der Waals surface area contributed by atoms with Crippen molar-refractivity contribution in [2.75, 3.05) is 13.7 Å². The van der Waals surface area contributed by atoms with Crippen LogP contribution in [0.4, 0.5) is 0 Å². The highest BCUT2D eigenvalue weighted by Crippen LogP contribution is 2.29. The van der Waals surface area contributed by atoms with Crippen molar-refractivity contribution in [3.8, 4) is 5.75 Å². The van der Waals surface area contributed by atoms with Crippen LogP contribution < -0.4 is 4.74 Å². The number of benzene rings is 1. The third-order valence-electron chi connectivity index (χ3n) is 2.65. The zero-order valence-corrected chi connectivity index (χ0v) is 9.03. The minimum absolute atomic E-state index is 0.177. The number of ether oxygens (including phenoxy) is 1. The minimum atomic E-state index is 0.177. The standard InChI is InChI=1S/C12H15NO2/c1-13-8-9(6-7-14)10-4-3-5-11(15-2)12(10)13/h3-5,8,14H,6-7H2,1-2H3. The number of aliphatic hydroxyl groups is 1. The van der Waals surface area contributed by atoms with Crippen LogP contribution in [-0.2, 0) is 13.5 Å². The fourth-order valence-electron chi connectivity index (χ4n) is 2.00. The number of aryl methyl sites for hydroxylation is 1. The largest absolute Gasteiger partial charge is 0.495 e. The monoisotopic (exact) mass is 205 g/mol. The van der Waals surface area contributed by atoms with Crippen molar-refractivity contribution in [3.05, 3.63) is 30.0 Å². The molecule has 0 aliphatic rings. The highest BCUT2D eigenvalue weighted by atomic mass is 16.5. The Bertz CT molecular complexity index is 474. The molecule has 0 atom stereocenters. The lowest BCUT2D eigenvalue weighted by atomic mass is 10.1. The fourth-order valence-corrected chi connectivity index (χ4v) is 2.00. The van der Waals surface area contributed by atoms with Gasteiger partial charge in [-0.2, -0.15) is 0 Å². The molecular weight excluding hydrogens is 190 g/mol. The summed E-state index contributed by atoms with van der Waals surface area (Å²) >= 11 is 0. The van der Waals surface area contributed by atoms with Crippen LogP contribution in [0, 0.1) is 0 Å². The first kappa shape index (κ1) is 10.1. The van der Waals surface area contributed by atoms with E-state index in [1.165, 1.54) is 0 Å². The number of rotatable bonds is 3. The molecular formula is C12H15NO2. The SMILES string of the molecule is COc1cccc2c(CCO)cn(C)c12. The molecule has 1 aromatic heterocycles. The molecule has 3 heteroatoms. The van der Waals surface area contributed by atoms with Crippen LogP contribution in [0.25, 0.3) is 10.9 Å². The molecule has 80 valence electrons. The third-order valence-corrected chi connectivity index (χ3v) is 2.65. The van der Waals surface area contributed by atoms with Gasteiger partial charge in [0, 0.05) is 25.2 Å². The molecule has 0 fully saturated rings. The summed E-state index contributed by atoms with van der Waals surface area (Å²) in [4.78, 5) is 0. The molecule has 0 saturated carbocycles. The Balaban J connectivity index is 2.68. The number of nitrogens with zero attached hydrogens (tertiary/aromatic N) is 1. The normalized spacial score (nSPS) is 10.9. The van der Waals surface area contributed by atoms with Crippen LogP contribution in [0.3, 0.4) is 0 Å². The molecule has 0 bridgehead atoms. The molecule has 1 N–H and O–H groups in total. The maximum atomic E-state index is 8.97. The second-order valence-corrected chi connectivity index (χ2v) is 3.60. The third kappa shape index (κ3) is 1.59. The minimum Gasteiger partial charge on any atom is -0.495 e. The van der Waals surface area contributed by atoms with Crippen molar-refractivity contribution in [1.29, 1.82) is 0 Å². The molecule has 0 saturated heterocycles. The second-order valence-electron chi connectivity index (χ2n) is 3.60. The van der Waals surface area contributed by atoms with Crippen LogP contribution in [0.5, 0.6) is 5.75 Å². The molecule has 0 aliphatic heterocycles. The maximum Gasteiger partial charge on any atom is 0.143 e. The molecule has 0 unspecified atom stereocenters. The van der Waals surface area contributed by atoms with Crippen LogP contribution in [0.1, 0.15) is 5.56 Å². The van der Waals surface area contributed by atoms with E-state index in [0.717, 1.165) is 22.2 Å². The maximum absolute atomic E-state index is 8.97. The average molecular weight is 205 g/mol. The summed E-state index contributed by atoms with van der Waals surface area (Å²) in [5.41, 5.74) is 2.25. The van der Waals surface area contributed by atoms with Gasteiger partial charge in [0.25, 0.3) is 0 Å². The van der Waals surface area contributed by atoms with E-state index in [2.05, 4.69) is 6.07 Å². The number of hydrogen-bond donors (Lipinski definition) is 1. The van der Waals surface area contributed by atoms with E-state index in [1.807, 2.05) is 29.9 Å². The lowest BCUT2D eigenvalue weighted by Gasteiger charge is -2.03. The zero-order valence-electron chi connectivity index (χ0n) is 9.03. The molecule has 2 rings (SSSR count). The number of para-hydroxylation sites is 1. The molecule has 1 aromatic carbocycles. The van der Waals surface area contributed by atoms with E-state index in [0.29, 0.717) is 6.42 Å². The molecule has 15 heavy (non-hydrogen) atoms. The van der Waals surface area contributed by atoms with Crippen molar-refractivity contribution in [2.45, 2.75) is 6.42 Å². The Labute approximate surface area is 88.9 Å². The second kappa shape index (κ2) is 3.95.